The van der Waals surface area contributed by atoms with Gasteiger partial charge in [0.2, 0.25) is 5.91 Å². The molecule has 4 heteroatoms. The van der Waals surface area contributed by atoms with Gasteiger partial charge < -0.3 is 10.1 Å². The normalized spacial score (nSPS) is 9.65. The van der Waals surface area contributed by atoms with E-state index in [1.807, 2.05) is 19.1 Å². The number of nitrogens with zero attached hydrogens (tertiary/aromatic N) is 1. The molecule has 0 unspecified atom stereocenters. The highest BCUT2D eigenvalue weighted by atomic mass is 16.5. The Kier molecular flexibility index (Phi) is 5.76. The van der Waals surface area contributed by atoms with E-state index in [0.717, 1.165) is 12.0 Å². The summed E-state index contributed by atoms with van der Waals surface area (Å²) in [7, 11) is 0. The van der Waals surface area contributed by atoms with E-state index in [-0.39, 0.29) is 12.6 Å². The van der Waals surface area contributed by atoms with Crippen molar-refractivity contribution in [1.82, 2.24) is 5.32 Å². The van der Waals surface area contributed by atoms with Crippen molar-refractivity contribution in [2.45, 2.75) is 26.4 Å². The smallest absolute Gasteiger partial charge is 0.221 e. The average Bonchev–Trinajstić information content (AvgIpc) is 2.36. The van der Waals surface area contributed by atoms with Gasteiger partial charge in [-0.05, 0) is 24.1 Å². The summed E-state index contributed by atoms with van der Waals surface area (Å²) >= 11 is 0. The largest absolute Gasteiger partial charge is 0.357 e. The van der Waals surface area contributed by atoms with E-state index >= 15 is 0 Å². The molecule has 0 radical (unpaired) electrons. The van der Waals surface area contributed by atoms with Crippen molar-refractivity contribution in [3.8, 4) is 6.07 Å². The van der Waals surface area contributed by atoms with Crippen molar-refractivity contribution in [2.24, 2.45) is 0 Å². The second-order valence-electron chi connectivity index (χ2n) is 3.65. The first kappa shape index (κ1) is 13.2. The van der Waals surface area contributed by atoms with E-state index in [1.165, 1.54) is 0 Å². The zero-order chi connectivity index (χ0) is 12.5. The van der Waals surface area contributed by atoms with Gasteiger partial charge in [-0.15, -0.1) is 0 Å². The van der Waals surface area contributed by atoms with Crippen LogP contribution in [0.4, 0.5) is 0 Å². The molecular weight excluding hydrogens is 216 g/mol. The maximum atomic E-state index is 11.1. The first-order valence-corrected chi connectivity index (χ1v) is 5.59. The van der Waals surface area contributed by atoms with Gasteiger partial charge in [0.1, 0.15) is 6.73 Å². The minimum atomic E-state index is 0.00679. The molecule has 0 saturated carbocycles. The molecule has 1 aromatic carbocycles. The van der Waals surface area contributed by atoms with Gasteiger partial charge in [-0.2, -0.15) is 5.26 Å². The van der Waals surface area contributed by atoms with Crippen LogP contribution in [0.15, 0.2) is 24.3 Å². The van der Waals surface area contributed by atoms with Crippen LogP contribution in [0, 0.1) is 11.3 Å². The van der Waals surface area contributed by atoms with Crippen LogP contribution in [0.1, 0.15) is 30.9 Å². The lowest BCUT2D eigenvalue weighted by Crippen LogP contribution is -2.25. The Balaban J connectivity index is 2.22. The molecule has 0 spiro atoms. The Bertz CT molecular complexity index is 393. The summed E-state index contributed by atoms with van der Waals surface area (Å²) in [5.74, 6) is 0.00679. The molecular formula is C13H16N2O2. The predicted molar refractivity (Wildman–Crippen MR) is 63.9 cm³/mol. The predicted octanol–water partition coefficient (Wildman–Crippen LogP) is 1.95. The van der Waals surface area contributed by atoms with Gasteiger partial charge in [-0.1, -0.05) is 19.1 Å². The number of amides is 1. The molecule has 0 fully saturated rings. The molecule has 0 saturated heterocycles. The third-order valence-electron chi connectivity index (χ3n) is 2.20. The minimum Gasteiger partial charge on any atom is -0.357 e. The third-order valence-corrected chi connectivity index (χ3v) is 2.20. The molecule has 0 atom stereocenters. The molecule has 0 heterocycles. The summed E-state index contributed by atoms with van der Waals surface area (Å²) in [4.78, 5) is 11.1. The fraction of sp³-hybridized carbons (Fsp3) is 0.385. The lowest BCUT2D eigenvalue weighted by atomic mass is 10.2. The zero-order valence-corrected chi connectivity index (χ0v) is 9.90. The molecule has 0 bridgehead atoms. The monoisotopic (exact) mass is 232 g/mol. The van der Waals surface area contributed by atoms with Crippen molar-refractivity contribution < 1.29 is 9.53 Å². The fourth-order valence-corrected chi connectivity index (χ4v) is 1.29. The Morgan fingerprint density at radius 3 is 2.71 bits per heavy atom. The number of hydrogen-bond donors (Lipinski definition) is 1. The first-order valence-electron chi connectivity index (χ1n) is 5.59. The van der Waals surface area contributed by atoms with Crippen molar-refractivity contribution in [3.63, 3.8) is 0 Å². The average molecular weight is 232 g/mol. The van der Waals surface area contributed by atoms with Crippen LogP contribution >= 0.6 is 0 Å². The first-order chi connectivity index (χ1) is 8.26. The highest BCUT2D eigenvalue weighted by Crippen LogP contribution is 2.04. The van der Waals surface area contributed by atoms with E-state index in [2.05, 4.69) is 11.4 Å². The number of carbonyl (C=O) groups excluding carboxylic acids is 1. The number of nitriles is 1. The Morgan fingerprint density at radius 1 is 1.41 bits per heavy atom. The van der Waals surface area contributed by atoms with Crippen LogP contribution in [0.5, 0.6) is 0 Å². The molecule has 1 amide bonds. The molecule has 0 aromatic heterocycles. The molecule has 1 N–H and O–H groups in total. The highest BCUT2D eigenvalue weighted by molar-refractivity contribution is 5.75. The molecule has 0 aliphatic carbocycles. The van der Waals surface area contributed by atoms with Gasteiger partial charge >= 0.3 is 0 Å². The van der Waals surface area contributed by atoms with E-state index in [4.69, 9.17) is 10.00 Å². The molecule has 17 heavy (non-hydrogen) atoms. The minimum absolute atomic E-state index is 0.00679. The van der Waals surface area contributed by atoms with Gasteiger partial charge in [-0.3, -0.25) is 4.79 Å². The van der Waals surface area contributed by atoms with Gasteiger partial charge in [0.15, 0.2) is 0 Å². The van der Waals surface area contributed by atoms with Gasteiger partial charge in [0.05, 0.1) is 18.2 Å². The zero-order valence-electron chi connectivity index (χ0n) is 9.90. The van der Waals surface area contributed by atoms with Gasteiger partial charge in [-0.25, -0.2) is 0 Å². The molecule has 0 aliphatic rings. The maximum Gasteiger partial charge on any atom is 0.221 e. The highest BCUT2D eigenvalue weighted by Gasteiger charge is 1.98. The number of hydrogen-bond acceptors (Lipinski definition) is 3. The maximum absolute atomic E-state index is 11.1. The van der Waals surface area contributed by atoms with Crippen LogP contribution in [-0.2, 0) is 16.1 Å². The molecule has 90 valence electrons. The second kappa shape index (κ2) is 7.42. The number of benzene rings is 1. The van der Waals surface area contributed by atoms with Gasteiger partial charge in [0, 0.05) is 6.42 Å². The van der Waals surface area contributed by atoms with Crippen LogP contribution in [0.2, 0.25) is 0 Å². The third kappa shape index (κ3) is 5.14. The summed E-state index contributed by atoms with van der Waals surface area (Å²) in [5.41, 5.74) is 1.61. The summed E-state index contributed by atoms with van der Waals surface area (Å²) in [5, 5.41) is 11.3. The molecule has 1 aromatic rings. The Hall–Kier alpha value is -1.86. The molecule has 4 nitrogen and oxygen atoms in total. The van der Waals surface area contributed by atoms with E-state index in [0.29, 0.717) is 18.6 Å². The standard InChI is InChI=1S/C13H16N2O2/c1-2-3-13(16)15-10-17-9-12-6-4-11(8-14)5-7-12/h4-7H,2-3,9-10H2,1H3,(H,15,16). The van der Waals surface area contributed by atoms with E-state index < -0.39 is 0 Å². The quantitative estimate of drug-likeness (QED) is 0.602. The molecule has 1 rings (SSSR count). The summed E-state index contributed by atoms with van der Waals surface area (Å²) in [6.07, 6.45) is 1.36. The number of carbonyl (C=O) groups is 1. The lowest BCUT2D eigenvalue weighted by molar-refractivity contribution is -0.123. The van der Waals surface area contributed by atoms with Crippen LogP contribution in [0.25, 0.3) is 0 Å². The van der Waals surface area contributed by atoms with Crippen molar-refractivity contribution in [3.05, 3.63) is 35.4 Å². The summed E-state index contributed by atoms with van der Waals surface area (Å²) in [6, 6.07) is 9.22. The lowest BCUT2D eigenvalue weighted by Gasteiger charge is -2.06. The van der Waals surface area contributed by atoms with Crippen LogP contribution in [-0.4, -0.2) is 12.6 Å². The Morgan fingerprint density at radius 2 is 2.12 bits per heavy atom. The van der Waals surface area contributed by atoms with Crippen LogP contribution in [0.3, 0.4) is 0 Å². The van der Waals surface area contributed by atoms with Crippen molar-refractivity contribution >= 4 is 5.91 Å². The summed E-state index contributed by atoms with van der Waals surface area (Å²) < 4.78 is 5.30. The van der Waals surface area contributed by atoms with E-state index in [1.54, 1.807) is 12.1 Å². The van der Waals surface area contributed by atoms with Gasteiger partial charge in [0.25, 0.3) is 0 Å². The SMILES string of the molecule is CCCC(=O)NCOCc1ccc(C#N)cc1. The molecule has 0 aliphatic heterocycles. The number of rotatable bonds is 6. The second-order valence-corrected chi connectivity index (χ2v) is 3.65. The summed E-state index contributed by atoms with van der Waals surface area (Å²) in [6.45, 7) is 2.61. The van der Waals surface area contributed by atoms with Crippen molar-refractivity contribution in [2.75, 3.05) is 6.73 Å². The topological polar surface area (TPSA) is 62.1 Å². The van der Waals surface area contributed by atoms with Crippen LogP contribution < -0.4 is 5.32 Å². The number of nitrogens with one attached hydrogen (secondary N) is 1. The van der Waals surface area contributed by atoms with Crippen molar-refractivity contribution in [1.29, 1.82) is 5.26 Å². The number of ether oxygens (including phenoxy) is 1. The Labute approximate surface area is 101 Å². The van der Waals surface area contributed by atoms with E-state index in [9.17, 15) is 4.79 Å². The fourth-order valence-electron chi connectivity index (χ4n) is 1.29.